The largest absolute Gasteiger partial charge is 0.390 e. The maximum Gasteiger partial charge on any atom is 0.250 e. The fourth-order valence-electron chi connectivity index (χ4n) is 9.67. The van der Waals surface area contributed by atoms with Crippen LogP contribution >= 0.6 is 0 Å². The highest BCUT2D eigenvalue weighted by Gasteiger charge is 2.58. The van der Waals surface area contributed by atoms with Crippen molar-refractivity contribution < 1.29 is 38.7 Å². The van der Waals surface area contributed by atoms with Gasteiger partial charge in [0.2, 0.25) is 0 Å². The Morgan fingerprint density at radius 3 is 2.41 bits per heavy atom. The second-order valence-corrected chi connectivity index (χ2v) is 18.2. The van der Waals surface area contributed by atoms with E-state index in [9.17, 15) is 15.0 Å². The van der Waals surface area contributed by atoms with Gasteiger partial charge in [0.15, 0.2) is 5.96 Å². The Morgan fingerprint density at radius 1 is 0.948 bits per heavy atom. The average molecular weight is 804 g/mol. The van der Waals surface area contributed by atoms with Gasteiger partial charge in [-0.3, -0.25) is 10.1 Å². The van der Waals surface area contributed by atoms with Crippen LogP contribution in [0.3, 0.4) is 0 Å². The number of ether oxygens (including phenoxy) is 5. The van der Waals surface area contributed by atoms with E-state index in [-0.39, 0.29) is 60.5 Å². The molecule has 320 valence electrons. The summed E-state index contributed by atoms with van der Waals surface area (Å²) in [5.74, 6) is 0.00626. The van der Waals surface area contributed by atoms with Crippen LogP contribution in [0.15, 0.2) is 83.4 Å². The average Bonchev–Trinajstić information content (AvgIpc) is 3.44. The third-order valence-electron chi connectivity index (χ3n) is 13.5. The molecular formula is C47H69N3O8. The molecule has 0 radical (unpaired) electrons. The van der Waals surface area contributed by atoms with Gasteiger partial charge in [0, 0.05) is 18.9 Å². The highest BCUT2D eigenvalue weighted by Crippen LogP contribution is 2.49. The predicted octanol–water partition coefficient (Wildman–Crippen LogP) is 6.91. The van der Waals surface area contributed by atoms with Crippen molar-refractivity contribution in [3.63, 3.8) is 0 Å². The number of aliphatic imine (C=N–C) groups is 1. The zero-order valence-corrected chi connectivity index (χ0v) is 35.6. The molecule has 5 aliphatic heterocycles. The molecule has 5 N–H and O–H groups in total. The molecule has 5 heterocycles. The number of benzene rings is 1. The third-order valence-corrected chi connectivity index (χ3v) is 13.5. The molecular weight excluding hydrogens is 735 g/mol. The van der Waals surface area contributed by atoms with Crippen LogP contribution < -0.4 is 11.1 Å². The predicted molar refractivity (Wildman–Crippen MR) is 226 cm³/mol. The van der Waals surface area contributed by atoms with Crippen molar-refractivity contribution in [2.45, 2.75) is 190 Å². The van der Waals surface area contributed by atoms with E-state index in [1.165, 1.54) is 0 Å². The van der Waals surface area contributed by atoms with E-state index < -0.39 is 29.0 Å². The van der Waals surface area contributed by atoms with Crippen LogP contribution in [-0.4, -0.2) is 93.8 Å². The molecule has 0 saturated carbocycles. The normalized spacial score (nSPS) is 39.9. The van der Waals surface area contributed by atoms with E-state index in [0.29, 0.717) is 32.2 Å². The molecule has 11 heteroatoms. The van der Waals surface area contributed by atoms with Gasteiger partial charge >= 0.3 is 0 Å². The minimum Gasteiger partial charge on any atom is -0.390 e. The second kappa shape index (κ2) is 19.0. The molecule has 13 atom stereocenters. The molecule has 0 bridgehead atoms. The van der Waals surface area contributed by atoms with Crippen molar-refractivity contribution in [1.82, 2.24) is 5.32 Å². The topological polar surface area (TPSA) is 154 Å². The molecule has 5 saturated heterocycles. The van der Waals surface area contributed by atoms with Crippen LogP contribution in [0.2, 0.25) is 0 Å². The SMILES string of the molecule is C=CC=CCCC1OC2CCC3(C)OC4C(O)CC5(C)OC(CCC=C(C)C(C)=CC(=O)NC(N)=NCc6ccccc6)C(C)CC5OC4CC3OC2CCC1(C)O. The monoisotopic (exact) mass is 804 g/mol. The standard InChI is InChI=1S/C47H69N3O8/c1-8-9-10-14-20-39-45(5,53)23-21-36-37(54-39)22-24-46(6)41(55-36)27-38-43(58-46)34(51)28-47(7)40(56-38)25-32(4)35(57-47)19-15-16-30(2)31(3)26-42(52)50-44(48)49-29-33-17-12-11-13-18-33/h8-13,16-18,26,32,34-41,43,51,53H,1,14-15,19-25,27-29H2,2-7H3,(H3,48,49,50,52). The summed E-state index contributed by atoms with van der Waals surface area (Å²) in [6, 6.07) is 9.74. The van der Waals surface area contributed by atoms with Gasteiger partial charge in [-0.15, -0.1) is 0 Å². The zero-order chi connectivity index (χ0) is 41.7. The number of allylic oxidation sites excluding steroid dienone is 6. The van der Waals surface area contributed by atoms with E-state index in [2.05, 4.69) is 49.8 Å². The lowest BCUT2D eigenvalue weighted by Crippen LogP contribution is -2.59. The zero-order valence-electron chi connectivity index (χ0n) is 35.6. The lowest BCUT2D eigenvalue weighted by atomic mass is 9.79. The smallest absolute Gasteiger partial charge is 0.250 e. The molecule has 1 aromatic rings. The van der Waals surface area contributed by atoms with Crippen molar-refractivity contribution in [3.8, 4) is 0 Å². The van der Waals surface area contributed by atoms with Gasteiger partial charge < -0.3 is 39.6 Å². The highest BCUT2D eigenvalue weighted by atomic mass is 16.6. The quantitative estimate of drug-likeness (QED) is 0.0809. The Kier molecular flexibility index (Phi) is 14.6. The van der Waals surface area contributed by atoms with Gasteiger partial charge in [-0.2, -0.15) is 0 Å². The number of nitrogens with two attached hydrogens (primary N) is 1. The first kappa shape index (κ1) is 44.4. The van der Waals surface area contributed by atoms with Crippen molar-refractivity contribution >= 4 is 11.9 Å². The molecule has 13 unspecified atom stereocenters. The summed E-state index contributed by atoms with van der Waals surface area (Å²) in [7, 11) is 0. The maximum absolute atomic E-state index is 12.7. The van der Waals surface area contributed by atoms with E-state index in [4.69, 9.17) is 29.4 Å². The summed E-state index contributed by atoms with van der Waals surface area (Å²) in [5.41, 5.74) is 6.59. The summed E-state index contributed by atoms with van der Waals surface area (Å²) in [6.45, 7) is 16.4. The number of hydrogen-bond acceptors (Lipinski definition) is 9. The van der Waals surface area contributed by atoms with Gasteiger partial charge in [-0.1, -0.05) is 73.7 Å². The van der Waals surface area contributed by atoms with Gasteiger partial charge in [0.05, 0.1) is 72.2 Å². The number of hydrogen-bond donors (Lipinski definition) is 4. The van der Waals surface area contributed by atoms with Gasteiger partial charge in [-0.25, -0.2) is 4.99 Å². The Hall–Kier alpha value is -3.16. The number of carbonyl (C=O) groups is 1. The Balaban J connectivity index is 1.04. The van der Waals surface area contributed by atoms with Crippen molar-refractivity contribution in [3.05, 3.63) is 84.0 Å². The number of carbonyl (C=O) groups excluding carboxylic acids is 1. The molecule has 0 aliphatic carbocycles. The second-order valence-electron chi connectivity index (χ2n) is 18.2. The van der Waals surface area contributed by atoms with E-state index in [1.807, 2.05) is 57.2 Å². The van der Waals surface area contributed by atoms with Crippen molar-refractivity contribution in [2.75, 3.05) is 0 Å². The number of aliphatic hydroxyl groups excluding tert-OH is 1. The van der Waals surface area contributed by atoms with Crippen LogP contribution in [0.5, 0.6) is 0 Å². The van der Waals surface area contributed by atoms with Gasteiger partial charge in [0.1, 0.15) is 6.10 Å². The molecule has 1 amide bonds. The molecule has 0 spiro atoms. The minimum atomic E-state index is -0.943. The lowest BCUT2D eigenvalue weighted by molar-refractivity contribution is -0.273. The molecule has 6 rings (SSSR count). The lowest BCUT2D eigenvalue weighted by Gasteiger charge is -2.49. The first-order chi connectivity index (χ1) is 27.6. The maximum atomic E-state index is 12.7. The van der Waals surface area contributed by atoms with Gasteiger partial charge in [0.25, 0.3) is 5.91 Å². The molecule has 0 aromatic heterocycles. The third kappa shape index (κ3) is 10.8. The molecule has 11 nitrogen and oxygen atoms in total. The fraction of sp³-hybridized carbons (Fsp3) is 0.660. The number of fused-ring (bicyclic) bond motifs is 4. The van der Waals surface area contributed by atoms with Crippen molar-refractivity contribution in [1.29, 1.82) is 0 Å². The van der Waals surface area contributed by atoms with Crippen LogP contribution in [0, 0.1) is 5.92 Å². The number of nitrogens with zero attached hydrogens (tertiary/aromatic N) is 1. The first-order valence-corrected chi connectivity index (χ1v) is 21.6. The fourth-order valence-corrected chi connectivity index (χ4v) is 9.67. The molecule has 58 heavy (non-hydrogen) atoms. The number of rotatable bonds is 11. The van der Waals surface area contributed by atoms with Crippen LogP contribution in [-0.2, 0) is 35.0 Å². The Bertz CT molecular complexity index is 1690. The van der Waals surface area contributed by atoms with E-state index in [0.717, 1.165) is 61.7 Å². The highest BCUT2D eigenvalue weighted by molar-refractivity contribution is 6.02. The van der Waals surface area contributed by atoms with Gasteiger partial charge in [-0.05, 0) is 109 Å². The summed E-state index contributed by atoms with van der Waals surface area (Å²) in [6.07, 6.45) is 14.5. The molecule has 1 aromatic carbocycles. The summed E-state index contributed by atoms with van der Waals surface area (Å²) >= 11 is 0. The summed E-state index contributed by atoms with van der Waals surface area (Å²) in [5, 5.41) is 25.9. The first-order valence-electron chi connectivity index (χ1n) is 21.6. The summed E-state index contributed by atoms with van der Waals surface area (Å²) < 4.78 is 34.4. The van der Waals surface area contributed by atoms with Crippen LogP contribution in [0.25, 0.3) is 0 Å². The van der Waals surface area contributed by atoms with Crippen molar-refractivity contribution in [2.24, 2.45) is 16.6 Å². The Labute approximate surface area is 346 Å². The van der Waals surface area contributed by atoms with Crippen LogP contribution in [0.4, 0.5) is 0 Å². The van der Waals surface area contributed by atoms with E-state index >= 15 is 0 Å². The van der Waals surface area contributed by atoms with Crippen LogP contribution in [0.1, 0.15) is 118 Å². The number of aliphatic hydroxyl groups is 2. The molecule has 5 fully saturated rings. The Morgan fingerprint density at radius 2 is 1.66 bits per heavy atom. The molecule has 5 aliphatic rings. The number of amides is 1. The number of guanidine groups is 1. The number of nitrogens with one attached hydrogen (secondary N) is 1. The summed E-state index contributed by atoms with van der Waals surface area (Å²) in [4.78, 5) is 16.9. The minimum absolute atomic E-state index is 0.0199. The van der Waals surface area contributed by atoms with E-state index in [1.54, 1.807) is 12.2 Å².